The van der Waals surface area contributed by atoms with Gasteiger partial charge < -0.3 is 28.6 Å². The Balaban J connectivity index is 0.000000686. The van der Waals surface area contributed by atoms with Gasteiger partial charge in [0.15, 0.2) is 0 Å². The van der Waals surface area contributed by atoms with Crippen LogP contribution in [-0.4, -0.2) is 4.98 Å². The van der Waals surface area contributed by atoms with Crippen molar-refractivity contribution in [3.05, 3.63) is 54.1 Å². The fourth-order valence-electron chi connectivity index (χ4n) is 1.40. The van der Waals surface area contributed by atoms with Crippen molar-refractivity contribution in [1.29, 1.82) is 0 Å². The maximum absolute atomic E-state index is 5.79. The molecule has 17 heavy (non-hydrogen) atoms. The van der Waals surface area contributed by atoms with Crippen molar-refractivity contribution in [2.45, 2.75) is 11.8 Å². The molecule has 0 fully saturated rings. The van der Waals surface area contributed by atoms with E-state index in [1.807, 2.05) is 13.1 Å². The third-order valence-corrected chi connectivity index (χ3v) is 2.89. The molecule has 4 heteroatoms. The van der Waals surface area contributed by atoms with Gasteiger partial charge >= 0.3 is 30.9 Å². The van der Waals surface area contributed by atoms with Crippen LogP contribution in [0.3, 0.4) is 0 Å². The molecule has 1 aromatic heterocycles. The summed E-state index contributed by atoms with van der Waals surface area (Å²) in [6.45, 7) is 7.63. The van der Waals surface area contributed by atoms with Gasteiger partial charge in [0.1, 0.15) is 0 Å². The molecule has 2 aromatic rings. The number of hydrogen-bond donors (Lipinski definition) is 1. The SMILES string of the molecule is [CH-]=C(C=[C-]C)Sc1ccc2[nH]ccc2c1.[V]=[W]. The summed E-state index contributed by atoms with van der Waals surface area (Å²) in [4.78, 5) is 5.06. The van der Waals surface area contributed by atoms with Gasteiger partial charge in [-0.1, -0.05) is 0 Å². The number of rotatable bonds is 3. The fraction of sp³-hybridized carbons (Fsp3) is 0.0769. The van der Waals surface area contributed by atoms with E-state index >= 15 is 0 Å². The van der Waals surface area contributed by atoms with Gasteiger partial charge in [-0.25, -0.2) is 11.8 Å². The topological polar surface area (TPSA) is 15.8 Å². The predicted molar refractivity (Wildman–Crippen MR) is 65.5 cm³/mol. The van der Waals surface area contributed by atoms with E-state index in [0.29, 0.717) is 0 Å². The number of allylic oxidation sites excluding steroid dienone is 2. The molecule has 0 aliphatic rings. The second-order valence-corrected chi connectivity index (χ2v) is 4.31. The molecule has 1 nitrogen and oxygen atoms in total. The van der Waals surface area contributed by atoms with Crippen LogP contribution in [-0.2, 0) is 30.9 Å². The number of thioether (sulfide) groups is 1. The Labute approximate surface area is 124 Å². The second-order valence-electron chi connectivity index (χ2n) is 3.16. The molecule has 0 saturated carbocycles. The molecular weight excluding hydrogens is 437 g/mol. The van der Waals surface area contributed by atoms with Crippen molar-refractivity contribution in [2.75, 3.05) is 0 Å². The summed E-state index contributed by atoms with van der Waals surface area (Å²) < 4.78 is 0. The van der Waals surface area contributed by atoms with Crippen LogP contribution in [0.15, 0.2) is 46.3 Å². The molecule has 0 aliphatic heterocycles. The zero-order valence-electron chi connectivity index (χ0n) is 9.31. The van der Waals surface area contributed by atoms with Crippen LogP contribution >= 0.6 is 11.8 Å². The maximum atomic E-state index is 5.79. The zero-order valence-corrected chi connectivity index (χ0v) is 14.5. The van der Waals surface area contributed by atoms with Gasteiger partial charge in [0, 0.05) is 17.1 Å². The van der Waals surface area contributed by atoms with E-state index in [-0.39, 0.29) is 0 Å². The van der Waals surface area contributed by atoms with Crippen LogP contribution in [0, 0.1) is 12.7 Å². The van der Waals surface area contributed by atoms with Gasteiger partial charge in [-0.3, -0.25) is 0 Å². The third-order valence-electron chi connectivity index (χ3n) is 2.05. The molecule has 0 bridgehead atoms. The fourth-order valence-corrected chi connectivity index (χ4v) is 2.17. The van der Waals surface area contributed by atoms with Crippen LogP contribution in [0.1, 0.15) is 6.92 Å². The van der Waals surface area contributed by atoms with Crippen LogP contribution < -0.4 is 0 Å². The zero-order chi connectivity index (χ0) is 12.7. The Kier molecular flexibility index (Phi) is 7.07. The number of fused-ring (bicyclic) bond motifs is 1. The van der Waals surface area contributed by atoms with Crippen molar-refractivity contribution in [3.63, 3.8) is 0 Å². The van der Waals surface area contributed by atoms with E-state index in [2.05, 4.69) is 49.4 Å². The Morgan fingerprint density at radius 3 is 2.94 bits per heavy atom. The standard InChI is InChI=1S/C13H11NS.V.W/c1-3-4-10(2)15-12-5-6-13-11(9-12)7-8-14-13;;/h2,4-9,14H,1H3;;/q-2;;. The summed E-state index contributed by atoms with van der Waals surface area (Å²) in [6.07, 6.45) is 6.63. The number of hydrogen-bond acceptors (Lipinski definition) is 1. The molecule has 1 aromatic carbocycles. The molecule has 0 amide bonds. The minimum atomic E-state index is 0.757. The van der Waals surface area contributed by atoms with Gasteiger partial charge in [-0.2, -0.15) is 0 Å². The number of benzene rings is 1. The van der Waals surface area contributed by atoms with Gasteiger partial charge in [0.2, 0.25) is 0 Å². The Bertz CT molecular complexity index is 533. The normalized spacial score (nSPS) is 10.1. The number of H-pyrrole nitrogens is 1. The molecule has 1 heterocycles. The van der Waals surface area contributed by atoms with Gasteiger partial charge in [0.05, 0.1) is 0 Å². The summed E-state index contributed by atoms with van der Waals surface area (Å²) in [7, 11) is 0. The summed E-state index contributed by atoms with van der Waals surface area (Å²) in [5.74, 6) is 0. The first kappa shape index (κ1) is 14.9. The van der Waals surface area contributed by atoms with Crippen molar-refractivity contribution in [2.24, 2.45) is 0 Å². The first-order valence-corrected chi connectivity index (χ1v) is 11.7. The van der Waals surface area contributed by atoms with Crippen LogP contribution in [0.5, 0.6) is 0 Å². The molecule has 0 atom stereocenters. The van der Waals surface area contributed by atoms with E-state index in [9.17, 15) is 0 Å². The van der Waals surface area contributed by atoms with Crippen molar-refractivity contribution in [1.82, 2.24) is 4.98 Å². The van der Waals surface area contributed by atoms with Crippen molar-refractivity contribution < 1.29 is 30.9 Å². The summed E-state index contributed by atoms with van der Waals surface area (Å²) in [5.41, 5.74) is 1.15. The Morgan fingerprint density at radius 2 is 2.24 bits per heavy atom. The van der Waals surface area contributed by atoms with E-state index in [1.54, 1.807) is 17.8 Å². The molecule has 1 N–H and O–H groups in total. The average Bonchev–Trinajstić information content (AvgIpc) is 2.79. The third kappa shape index (κ3) is 4.56. The minimum absolute atomic E-state index is 0.757. The summed E-state index contributed by atoms with van der Waals surface area (Å²) in [6, 6.07) is 8.29. The number of aromatic amines is 1. The van der Waals surface area contributed by atoms with E-state index < -0.39 is 0 Å². The molecule has 0 unspecified atom stereocenters. The van der Waals surface area contributed by atoms with Gasteiger partial charge in [-0.05, 0) is 29.2 Å². The Hall–Kier alpha value is -0.137. The van der Waals surface area contributed by atoms with Gasteiger partial charge in [0.25, 0.3) is 0 Å². The molecule has 2 rings (SSSR count). The van der Waals surface area contributed by atoms with E-state index in [0.717, 1.165) is 15.3 Å². The van der Waals surface area contributed by atoms with E-state index in [1.165, 1.54) is 22.2 Å². The number of nitrogens with one attached hydrogen (secondary N) is 1. The summed E-state index contributed by atoms with van der Waals surface area (Å²) >= 11 is 5.47. The second kappa shape index (κ2) is 8.05. The average molecular weight is 448 g/mol. The van der Waals surface area contributed by atoms with Crippen LogP contribution in [0.2, 0.25) is 0 Å². The van der Waals surface area contributed by atoms with Crippen LogP contribution in [0.4, 0.5) is 0 Å². The predicted octanol–water partition coefficient (Wildman–Crippen LogP) is 3.95. The monoisotopic (exact) mass is 448 g/mol. The molecular formula is C13H11NSVW-2. The van der Waals surface area contributed by atoms with Gasteiger partial charge in [-0.15, -0.1) is 6.92 Å². The Morgan fingerprint density at radius 1 is 1.47 bits per heavy atom. The van der Waals surface area contributed by atoms with Crippen LogP contribution in [0.25, 0.3) is 10.9 Å². The van der Waals surface area contributed by atoms with Crippen molar-refractivity contribution in [3.8, 4) is 0 Å². The summed E-state index contributed by atoms with van der Waals surface area (Å²) in [5, 5.41) is 1.21. The molecule has 0 radical (unpaired) electrons. The molecule has 87 valence electrons. The van der Waals surface area contributed by atoms with Crippen molar-refractivity contribution >= 4 is 22.7 Å². The molecule has 0 spiro atoms. The number of aromatic nitrogens is 1. The first-order valence-electron chi connectivity index (χ1n) is 4.86. The first-order chi connectivity index (χ1) is 8.29. The molecule has 0 aliphatic carbocycles. The van der Waals surface area contributed by atoms with E-state index in [4.69, 9.17) is 6.58 Å². The quantitative estimate of drug-likeness (QED) is 0.428. The molecule has 0 saturated heterocycles.